The van der Waals surface area contributed by atoms with Gasteiger partial charge in [0, 0.05) is 17.7 Å². The molecule has 0 aromatic heterocycles. The van der Waals surface area contributed by atoms with Crippen LogP contribution in [0.4, 0.5) is 5.69 Å². The number of aryl methyl sites for hydroxylation is 1. The summed E-state index contributed by atoms with van der Waals surface area (Å²) in [6, 6.07) is 15.0. The summed E-state index contributed by atoms with van der Waals surface area (Å²) in [5.74, 6) is -0.188. The highest BCUT2D eigenvalue weighted by Crippen LogP contribution is 2.06. The number of nitro groups is 1. The van der Waals surface area contributed by atoms with Crippen LogP contribution in [0.25, 0.3) is 0 Å². The van der Waals surface area contributed by atoms with Crippen LogP contribution in [0.1, 0.15) is 29.8 Å². The number of rotatable bonds is 5. The highest BCUT2D eigenvalue weighted by molar-refractivity contribution is 5.97. The molecule has 0 spiro atoms. The van der Waals surface area contributed by atoms with Crippen LogP contribution in [0.3, 0.4) is 0 Å². The molecule has 2 rings (SSSR count). The lowest BCUT2D eigenvalue weighted by atomic mass is 10.1. The van der Waals surface area contributed by atoms with E-state index in [1.807, 2.05) is 32.9 Å². The van der Waals surface area contributed by atoms with Gasteiger partial charge in [-0.3, -0.25) is 19.7 Å². The van der Waals surface area contributed by atoms with Crippen LogP contribution in [0.15, 0.2) is 54.6 Å². The van der Waals surface area contributed by atoms with Gasteiger partial charge in [0.1, 0.15) is 0 Å². The third-order valence-electron chi connectivity index (χ3n) is 2.62. The molecule has 6 nitrogen and oxygen atoms in total. The lowest BCUT2D eigenvalue weighted by Gasteiger charge is -1.99. The number of benzene rings is 2. The van der Waals surface area contributed by atoms with E-state index in [0.717, 1.165) is 5.56 Å². The number of para-hydroxylation sites is 1. The number of ketones is 1. The van der Waals surface area contributed by atoms with E-state index in [1.165, 1.54) is 12.1 Å². The van der Waals surface area contributed by atoms with E-state index in [9.17, 15) is 19.7 Å². The number of Topliss-reactive ketones (excluding diaryl/α,β-unsaturated/α-hetero) is 1. The van der Waals surface area contributed by atoms with Gasteiger partial charge in [-0.2, -0.15) is 0 Å². The first kappa shape index (κ1) is 21.0. The fraction of sp³-hybridized carbons (Fsp3) is 0.222. The second kappa shape index (κ2) is 12.5. The monoisotopic (exact) mass is 331 g/mol. The van der Waals surface area contributed by atoms with E-state index in [4.69, 9.17) is 0 Å². The van der Waals surface area contributed by atoms with Crippen LogP contribution in [-0.2, 0) is 9.53 Å². The van der Waals surface area contributed by atoms with E-state index >= 15 is 0 Å². The molecule has 0 aliphatic carbocycles. The first-order valence-electron chi connectivity index (χ1n) is 7.39. The molecule has 0 aliphatic heterocycles. The van der Waals surface area contributed by atoms with E-state index in [-0.39, 0.29) is 24.5 Å². The van der Waals surface area contributed by atoms with Crippen molar-refractivity contribution >= 4 is 17.9 Å². The molecular weight excluding hydrogens is 310 g/mol. The maximum atomic E-state index is 11.2. The Morgan fingerprint density at radius 3 is 2.04 bits per heavy atom. The molecule has 2 aromatic carbocycles. The SMILES string of the molecule is CC.Cc1ccc(C(=O)COC=O)cc1.O=[N+]([O-])c1ccccc1. The van der Waals surface area contributed by atoms with Crippen molar-refractivity contribution in [3.05, 3.63) is 75.8 Å². The predicted molar refractivity (Wildman–Crippen MR) is 92.0 cm³/mol. The topological polar surface area (TPSA) is 86.5 Å². The standard InChI is InChI=1S/C10H10O3.C6H5NO2.C2H6/c1-8-2-4-9(5-3-8)10(12)6-13-7-11;8-7(9)6-4-2-1-3-5-6;1-2/h2-5,7H,6H2,1H3;1-5H;1-2H3. The maximum Gasteiger partial charge on any atom is 0.293 e. The van der Waals surface area contributed by atoms with Gasteiger partial charge < -0.3 is 4.74 Å². The first-order chi connectivity index (χ1) is 11.5. The number of hydrogen-bond donors (Lipinski definition) is 0. The molecule has 0 atom stereocenters. The van der Waals surface area contributed by atoms with Gasteiger partial charge in [-0.15, -0.1) is 0 Å². The molecule has 0 fully saturated rings. The van der Waals surface area contributed by atoms with Crippen LogP contribution in [0.5, 0.6) is 0 Å². The molecule has 24 heavy (non-hydrogen) atoms. The Morgan fingerprint density at radius 1 is 1.08 bits per heavy atom. The zero-order valence-corrected chi connectivity index (χ0v) is 14.0. The highest BCUT2D eigenvalue weighted by Gasteiger charge is 2.04. The maximum absolute atomic E-state index is 11.2. The van der Waals surface area contributed by atoms with Gasteiger partial charge in [0.05, 0.1) is 4.92 Å². The van der Waals surface area contributed by atoms with Gasteiger partial charge in [0.2, 0.25) is 0 Å². The normalized spacial score (nSPS) is 8.62. The number of non-ortho nitro benzene ring substituents is 1. The van der Waals surface area contributed by atoms with Crippen molar-refractivity contribution in [1.82, 2.24) is 0 Å². The smallest absolute Gasteiger partial charge is 0.293 e. The van der Waals surface area contributed by atoms with Crippen LogP contribution >= 0.6 is 0 Å². The Bertz CT molecular complexity index is 624. The minimum atomic E-state index is -0.417. The van der Waals surface area contributed by atoms with Crippen molar-refractivity contribution in [3.63, 3.8) is 0 Å². The molecule has 0 saturated heterocycles. The average molecular weight is 331 g/mol. The molecule has 0 amide bonds. The van der Waals surface area contributed by atoms with Crippen molar-refractivity contribution in [2.45, 2.75) is 20.8 Å². The van der Waals surface area contributed by atoms with Crippen molar-refractivity contribution in [2.75, 3.05) is 6.61 Å². The predicted octanol–water partition coefficient (Wildman–Crippen LogP) is 3.97. The van der Waals surface area contributed by atoms with E-state index < -0.39 is 4.92 Å². The first-order valence-corrected chi connectivity index (χ1v) is 7.39. The fourth-order valence-corrected chi connectivity index (χ4v) is 1.48. The zero-order chi connectivity index (χ0) is 18.4. The summed E-state index contributed by atoms with van der Waals surface area (Å²) in [6.45, 7) is 6.02. The summed E-state index contributed by atoms with van der Waals surface area (Å²) in [6.07, 6.45) is 0. The summed E-state index contributed by atoms with van der Waals surface area (Å²) >= 11 is 0. The number of carbonyl (C=O) groups excluding carboxylic acids is 2. The van der Waals surface area contributed by atoms with E-state index in [0.29, 0.717) is 5.56 Å². The number of nitro benzene ring substituents is 1. The zero-order valence-electron chi connectivity index (χ0n) is 14.0. The van der Waals surface area contributed by atoms with Gasteiger partial charge in [0.25, 0.3) is 12.2 Å². The van der Waals surface area contributed by atoms with Gasteiger partial charge in [-0.05, 0) is 6.92 Å². The Labute approximate surface area is 141 Å². The second-order valence-electron chi connectivity index (χ2n) is 4.29. The van der Waals surface area contributed by atoms with E-state index in [2.05, 4.69) is 4.74 Å². The fourth-order valence-electron chi connectivity index (χ4n) is 1.48. The molecule has 0 aliphatic rings. The highest BCUT2D eigenvalue weighted by atomic mass is 16.6. The van der Waals surface area contributed by atoms with Crippen LogP contribution in [0.2, 0.25) is 0 Å². The minimum Gasteiger partial charge on any atom is -0.459 e. The second-order valence-corrected chi connectivity index (χ2v) is 4.29. The average Bonchev–Trinajstić information content (AvgIpc) is 2.63. The molecule has 2 aromatic rings. The van der Waals surface area contributed by atoms with Gasteiger partial charge in [-0.25, -0.2) is 0 Å². The summed E-state index contributed by atoms with van der Waals surface area (Å²) in [5.41, 5.74) is 1.79. The third-order valence-corrected chi connectivity index (χ3v) is 2.62. The molecule has 128 valence electrons. The van der Waals surface area contributed by atoms with Crippen LogP contribution in [-0.4, -0.2) is 23.8 Å². The Hall–Kier alpha value is -3.02. The van der Waals surface area contributed by atoms with E-state index in [1.54, 1.807) is 30.3 Å². The van der Waals surface area contributed by atoms with Gasteiger partial charge in [-0.1, -0.05) is 61.9 Å². The molecule has 0 N–H and O–H groups in total. The summed E-state index contributed by atoms with van der Waals surface area (Å²) in [5, 5.41) is 10.0. The van der Waals surface area contributed by atoms with Gasteiger partial charge >= 0.3 is 0 Å². The molecule has 0 bridgehead atoms. The summed E-state index contributed by atoms with van der Waals surface area (Å²) < 4.78 is 4.35. The number of carbonyl (C=O) groups is 2. The number of hydrogen-bond acceptors (Lipinski definition) is 5. The summed E-state index contributed by atoms with van der Waals surface area (Å²) in [7, 11) is 0. The number of nitrogens with zero attached hydrogens (tertiary/aromatic N) is 1. The van der Waals surface area contributed by atoms with Crippen molar-refractivity contribution in [1.29, 1.82) is 0 Å². The van der Waals surface area contributed by atoms with Crippen molar-refractivity contribution in [2.24, 2.45) is 0 Å². The van der Waals surface area contributed by atoms with Crippen LogP contribution in [0, 0.1) is 17.0 Å². The third kappa shape index (κ3) is 8.43. The molecular formula is C18H21NO5. The lowest BCUT2D eigenvalue weighted by Crippen LogP contribution is -2.07. The molecule has 0 unspecified atom stereocenters. The van der Waals surface area contributed by atoms with Crippen LogP contribution < -0.4 is 0 Å². The minimum absolute atomic E-state index is 0.137. The Balaban J connectivity index is 0.000000420. The Kier molecular flexibility index (Phi) is 10.9. The molecule has 6 heteroatoms. The van der Waals surface area contributed by atoms with Crippen molar-refractivity contribution in [3.8, 4) is 0 Å². The van der Waals surface area contributed by atoms with Gasteiger partial charge in [0.15, 0.2) is 12.4 Å². The number of ether oxygens (including phenoxy) is 1. The largest absolute Gasteiger partial charge is 0.459 e. The molecule has 0 saturated carbocycles. The molecule has 0 radical (unpaired) electrons. The van der Waals surface area contributed by atoms with Crippen molar-refractivity contribution < 1.29 is 19.2 Å². The lowest BCUT2D eigenvalue weighted by molar-refractivity contribution is -0.384. The molecule has 0 heterocycles. The quantitative estimate of drug-likeness (QED) is 0.358. The summed E-state index contributed by atoms with van der Waals surface area (Å²) in [4.78, 5) is 30.6. The Morgan fingerprint density at radius 2 is 1.62 bits per heavy atom.